The quantitative estimate of drug-likeness (QED) is 0.509. The van der Waals surface area contributed by atoms with Crippen molar-refractivity contribution in [1.82, 2.24) is 15.5 Å². The Balaban J connectivity index is 1.45. The first-order valence-electron chi connectivity index (χ1n) is 8.26. The number of rotatable bonds is 6. The molecule has 8 nitrogen and oxygen atoms in total. The fraction of sp³-hybridized carbons (Fsp3) is 0.158. The third-order valence-electron chi connectivity index (χ3n) is 4.02. The zero-order chi connectivity index (χ0) is 19.4. The lowest BCUT2D eigenvalue weighted by Crippen LogP contribution is -2.42. The van der Waals surface area contributed by atoms with Gasteiger partial charge in [-0.3, -0.25) is 24.1 Å². The molecule has 2 aromatic carbocycles. The zero-order valence-corrected chi connectivity index (χ0v) is 14.3. The van der Waals surface area contributed by atoms with Crippen LogP contribution >= 0.6 is 0 Å². The Labute approximate surface area is 154 Å². The summed E-state index contributed by atoms with van der Waals surface area (Å²) < 4.78 is 0. The molecule has 0 unspecified atom stereocenters. The molecule has 4 amide bonds. The van der Waals surface area contributed by atoms with Crippen LogP contribution in [0.5, 0.6) is 5.75 Å². The van der Waals surface area contributed by atoms with E-state index < -0.39 is 17.7 Å². The van der Waals surface area contributed by atoms with E-state index in [1.807, 2.05) is 0 Å². The molecule has 27 heavy (non-hydrogen) atoms. The number of nitrogens with zero attached hydrogens (tertiary/aromatic N) is 1. The lowest BCUT2D eigenvalue weighted by atomic mass is 10.1. The smallest absolute Gasteiger partial charge is 0.262 e. The molecule has 0 radical (unpaired) electrons. The summed E-state index contributed by atoms with van der Waals surface area (Å²) in [6.07, 6.45) is 0. The van der Waals surface area contributed by atoms with E-state index in [1.165, 1.54) is 12.1 Å². The molecule has 1 aliphatic heterocycles. The van der Waals surface area contributed by atoms with Crippen molar-refractivity contribution >= 4 is 23.6 Å². The van der Waals surface area contributed by atoms with Gasteiger partial charge in [-0.25, -0.2) is 0 Å². The Bertz CT molecular complexity index is 890. The molecule has 0 aliphatic carbocycles. The van der Waals surface area contributed by atoms with Crippen molar-refractivity contribution < 1.29 is 24.3 Å². The Hall–Kier alpha value is -3.68. The van der Waals surface area contributed by atoms with Gasteiger partial charge in [-0.05, 0) is 30.3 Å². The molecule has 0 saturated heterocycles. The highest BCUT2D eigenvalue weighted by molar-refractivity contribution is 6.22. The predicted octanol–water partition coefficient (Wildman–Crippen LogP) is 0.534. The highest BCUT2D eigenvalue weighted by atomic mass is 16.3. The number of fused-ring (bicyclic) bond motifs is 1. The van der Waals surface area contributed by atoms with Crippen molar-refractivity contribution in [2.75, 3.05) is 19.6 Å². The van der Waals surface area contributed by atoms with Crippen molar-refractivity contribution in [3.8, 4) is 5.75 Å². The van der Waals surface area contributed by atoms with Gasteiger partial charge in [0, 0.05) is 18.7 Å². The van der Waals surface area contributed by atoms with E-state index in [2.05, 4.69) is 10.6 Å². The maximum Gasteiger partial charge on any atom is 0.262 e. The maximum absolute atomic E-state index is 12.2. The minimum absolute atomic E-state index is 0.0168. The molecule has 3 rings (SSSR count). The number of benzene rings is 2. The summed E-state index contributed by atoms with van der Waals surface area (Å²) >= 11 is 0. The summed E-state index contributed by atoms with van der Waals surface area (Å²) in [4.78, 5) is 49.2. The maximum atomic E-state index is 12.2. The number of carbonyl (C=O) groups is 4. The van der Waals surface area contributed by atoms with Crippen LogP contribution in [-0.4, -0.2) is 53.3 Å². The highest BCUT2D eigenvalue weighted by Gasteiger charge is 2.36. The van der Waals surface area contributed by atoms with Gasteiger partial charge < -0.3 is 15.7 Å². The lowest BCUT2D eigenvalue weighted by Gasteiger charge is -2.13. The zero-order valence-electron chi connectivity index (χ0n) is 14.3. The molecule has 0 spiro atoms. The van der Waals surface area contributed by atoms with Crippen LogP contribution in [0.2, 0.25) is 0 Å². The van der Waals surface area contributed by atoms with Gasteiger partial charge in [0.15, 0.2) is 0 Å². The fourth-order valence-corrected chi connectivity index (χ4v) is 2.71. The summed E-state index contributed by atoms with van der Waals surface area (Å²) in [5.41, 5.74) is 0.870. The Morgan fingerprint density at radius 1 is 0.889 bits per heavy atom. The van der Waals surface area contributed by atoms with Crippen LogP contribution in [0.4, 0.5) is 0 Å². The van der Waals surface area contributed by atoms with E-state index in [9.17, 15) is 24.3 Å². The van der Waals surface area contributed by atoms with E-state index in [0.29, 0.717) is 5.56 Å². The molecule has 0 fully saturated rings. The van der Waals surface area contributed by atoms with Crippen LogP contribution in [-0.2, 0) is 4.79 Å². The second-order valence-electron chi connectivity index (χ2n) is 5.90. The van der Waals surface area contributed by atoms with Crippen molar-refractivity contribution in [3.63, 3.8) is 0 Å². The van der Waals surface area contributed by atoms with Gasteiger partial charge in [0.2, 0.25) is 5.91 Å². The summed E-state index contributed by atoms with van der Waals surface area (Å²) in [6.45, 7) is -0.0955. The van der Waals surface area contributed by atoms with Crippen LogP contribution < -0.4 is 10.6 Å². The first kappa shape index (κ1) is 18.1. The number of phenols is 1. The third-order valence-corrected chi connectivity index (χ3v) is 4.02. The van der Waals surface area contributed by atoms with E-state index in [-0.39, 0.29) is 42.4 Å². The standard InChI is InChI=1S/C19H17N3O5/c23-13-5-3-4-12(10-13)17(25)21-9-8-20-16(24)11-22-18(26)14-6-1-2-7-15(14)19(22)27/h1-7,10,23H,8-9,11H2,(H,20,24)(H,21,25). The van der Waals surface area contributed by atoms with Gasteiger partial charge >= 0.3 is 0 Å². The van der Waals surface area contributed by atoms with Crippen molar-refractivity contribution in [2.24, 2.45) is 0 Å². The normalized spacial score (nSPS) is 12.7. The summed E-state index contributed by atoms with van der Waals surface area (Å²) in [5, 5.41) is 14.5. The minimum Gasteiger partial charge on any atom is -0.508 e. The first-order chi connectivity index (χ1) is 13.0. The second-order valence-corrected chi connectivity index (χ2v) is 5.90. The number of hydrogen-bond donors (Lipinski definition) is 3. The van der Waals surface area contributed by atoms with E-state index in [1.54, 1.807) is 36.4 Å². The van der Waals surface area contributed by atoms with E-state index in [0.717, 1.165) is 4.90 Å². The van der Waals surface area contributed by atoms with Crippen LogP contribution in [0.15, 0.2) is 48.5 Å². The largest absolute Gasteiger partial charge is 0.508 e. The van der Waals surface area contributed by atoms with Gasteiger partial charge in [-0.2, -0.15) is 0 Å². The Morgan fingerprint density at radius 2 is 1.52 bits per heavy atom. The van der Waals surface area contributed by atoms with Crippen LogP contribution in [0, 0.1) is 0 Å². The lowest BCUT2D eigenvalue weighted by molar-refractivity contribution is -0.121. The minimum atomic E-state index is -0.504. The molecule has 1 aliphatic rings. The van der Waals surface area contributed by atoms with Crippen LogP contribution in [0.25, 0.3) is 0 Å². The van der Waals surface area contributed by atoms with Crippen LogP contribution in [0.3, 0.4) is 0 Å². The number of phenolic OH excluding ortho intramolecular Hbond substituents is 1. The predicted molar refractivity (Wildman–Crippen MR) is 95.3 cm³/mol. The molecular formula is C19H17N3O5. The number of aromatic hydroxyl groups is 1. The van der Waals surface area contributed by atoms with E-state index >= 15 is 0 Å². The monoisotopic (exact) mass is 367 g/mol. The Morgan fingerprint density at radius 3 is 2.15 bits per heavy atom. The molecule has 0 atom stereocenters. The molecule has 2 aromatic rings. The number of nitrogens with one attached hydrogen (secondary N) is 2. The Kier molecular flexibility index (Phi) is 5.16. The third kappa shape index (κ3) is 3.95. The van der Waals surface area contributed by atoms with Gasteiger partial charge in [-0.15, -0.1) is 0 Å². The number of carbonyl (C=O) groups excluding carboxylic acids is 4. The van der Waals surface area contributed by atoms with Crippen LogP contribution in [0.1, 0.15) is 31.1 Å². The fourth-order valence-electron chi connectivity index (χ4n) is 2.71. The first-order valence-corrected chi connectivity index (χ1v) is 8.26. The molecule has 3 N–H and O–H groups in total. The summed E-state index contributed by atoms with van der Waals surface area (Å²) in [7, 11) is 0. The molecule has 1 heterocycles. The highest BCUT2D eigenvalue weighted by Crippen LogP contribution is 2.21. The van der Waals surface area contributed by atoms with Gasteiger partial charge in [0.1, 0.15) is 12.3 Å². The molecular weight excluding hydrogens is 350 g/mol. The number of hydrogen-bond acceptors (Lipinski definition) is 5. The summed E-state index contributed by atoms with van der Waals surface area (Å²) in [5.74, 6) is -1.90. The number of imide groups is 1. The van der Waals surface area contributed by atoms with Crippen molar-refractivity contribution in [3.05, 3.63) is 65.2 Å². The van der Waals surface area contributed by atoms with Gasteiger partial charge in [0.05, 0.1) is 11.1 Å². The van der Waals surface area contributed by atoms with Gasteiger partial charge in [0.25, 0.3) is 17.7 Å². The molecule has 0 aromatic heterocycles. The average Bonchev–Trinajstić information content (AvgIpc) is 2.90. The SMILES string of the molecule is O=C(CN1C(=O)c2ccccc2C1=O)NCCNC(=O)c1cccc(O)c1. The molecule has 138 valence electrons. The second kappa shape index (κ2) is 7.69. The van der Waals surface area contributed by atoms with Crippen molar-refractivity contribution in [2.45, 2.75) is 0 Å². The topological polar surface area (TPSA) is 116 Å². The molecule has 0 saturated carbocycles. The number of amides is 4. The average molecular weight is 367 g/mol. The molecule has 0 bridgehead atoms. The molecule has 8 heteroatoms. The summed E-state index contributed by atoms with van der Waals surface area (Å²) in [6, 6.07) is 12.3. The van der Waals surface area contributed by atoms with Gasteiger partial charge in [-0.1, -0.05) is 18.2 Å². The van der Waals surface area contributed by atoms with E-state index in [4.69, 9.17) is 0 Å². The van der Waals surface area contributed by atoms with Crippen molar-refractivity contribution in [1.29, 1.82) is 0 Å².